The van der Waals surface area contributed by atoms with Crippen molar-refractivity contribution in [3.63, 3.8) is 0 Å². The predicted octanol–water partition coefficient (Wildman–Crippen LogP) is 2.46. The molecule has 0 aliphatic carbocycles. The molecule has 0 bridgehead atoms. The Labute approximate surface area is 133 Å². The van der Waals surface area contributed by atoms with Gasteiger partial charge in [-0.25, -0.2) is 9.37 Å². The number of anilines is 2. The lowest BCUT2D eigenvalue weighted by Crippen LogP contribution is -2.19. The van der Waals surface area contributed by atoms with E-state index in [1.54, 1.807) is 12.1 Å². The quantitative estimate of drug-likeness (QED) is 0.886. The SMILES string of the molecule is O=C(Nc1ccc(NC[C@H]2CCCO2)c(F)c1)c1cnccn1. The van der Waals surface area contributed by atoms with Crippen molar-refractivity contribution < 1.29 is 13.9 Å². The second kappa shape index (κ2) is 7.15. The van der Waals surface area contributed by atoms with Gasteiger partial charge in [0.2, 0.25) is 0 Å². The summed E-state index contributed by atoms with van der Waals surface area (Å²) >= 11 is 0. The van der Waals surface area contributed by atoms with Crippen molar-refractivity contribution in [3.8, 4) is 0 Å². The number of rotatable bonds is 5. The molecule has 3 rings (SSSR count). The summed E-state index contributed by atoms with van der Waals surface area (Å²) in [6, 6.07) is 4.50. The van der Waals surface area contributed by atoms with Crippen LogP contribution in [-0.2, 0) is 4.74 Å². The van der Waals surface area contributed by atoms with Gasteiger partial charge in [-0.15, -0.1) is 0 Å². The molecular formula is C16H17FN4O2. The van der Waals surface area contributed by atoms with E-state index in [-0.39, 0.29) is 11.8 Å². The maximum Gasteiger partial charge on any atom is 0.275 e. The van der Waals surface area contributed by atoms with E-state index in [1.165, 1.54) is 24.7 Å². The van der Waals surface area contributed by atoms with Gasteiger partial charge in [-0.2, -0.15) is 0 Å². The standard InChI is InChI=1S/C16H17FN4O2/c17-13-8-11(21-16(22)15-10-18-5-6-19-15)3-4-14(13)20-9-12-2-1-7-23-12/h3-6,8,10,12,20H,1-2,7,9H2,(H,21,22)/t12-/m1/s1. The lowest BCUT2D eigenvalue weighted by Gasteiger charge is -2.13. The second-order valence-corrected chi connectivity index (χ2v) is 5.26. The molecule has 0 unspecified atom stereocenters. The Morgan fingerprint density at radius 3 is 3.00 bits per heavy atom. The summed E-state index contributed by atoms with van der Waals surface area (Å²) in [7, 11) is 0. The van der Waals surface area contributed by atoms with Crippen LogP contribution in [0.25, 0.3) is 0 Å². The van der Waals surface area contributed by atoms with E-state index < -0.39 is 11.7 Å². The summed E-state index contributed by atoms with van der Waals surface area (Å²) in [5.41, 5.74) is 0.923. The first kappa shape index (κ1) is 15.4. The van der Waals surface area contributed by atoms with Gasteiger partial charge in [-0.05, 0) is 31.0 Å². The molecule has 120 valence electrons. The third kappa shape index (κ3) is 4.01. The summed E-state index contributed by atoms with van der Waals surface area (Å²) in [5.74, 6) is -0.863. The summed E-state index contributed by atoms with van der Waals surface area (Å²) in [6.45, 7) is 1.34. The zero-order valence-electron chi connectivity index (χ0n) is 12.5. The average Bonchev–Trinajstić information content (AvgIpc) is 3.08. The number of nitrogens with zero attached hydrogens (tertiary/aromatic N) is 2. The maximum absolute atomic E-state index is 14.1. The molecule has 1 aliphatic rings. The molecule has 1 saturated heterocycles. The van der Waals surface area contributed by atoms with Gasteiger partial charge in [-0.3, -0.25) is 9.78 Å². The molecule has 1 atom stereocenters. The minimum atomic E-state index is -0.433. The van der Waals surface area contributed by atoms with E-state index >= 15 is 0 Å². The number of halogens is 1. The first-order chi connectivity index (χ1) is 11.2. The first-order valence-electron chi connectivity index (χ1n) is 7.45. The van der Waals surface area contributed by atoms with Gasteiger partial charge in [0.05, 0.1) is 18.0 Å². The predicted molar refractivity (Wildman–Crippen MR) is 83.8 cm³/mol. The van der Waals surface area contributed by atoms with Gasteiger partial charge in [0.25, 0.3) is 5.91 Å². The van der Waals surface area contributed by atoms with Gasteiger partial charge in [0.15, 0.2) is 0 Å². The summed E-state index contributed by atoms with van der Waals surface area (Å²) in [5, 5.41) is 5.62. The van der Waals surface area contributed by atoms with Crippen molar-refractivity contribution >= 4 is 17.3 Å². The molecule has 7 heteroatoms. The van der Waals surface area contributed by atoms with Crippen molar-refractivity contribution in [1.82, 2.24) is 9.97 Å². The zero-order valence-corrected chi connectivity index (χ0v) is 12.5. The van der Waals surface area contributed by atoms with E-state index in [9.17, 15) is 9.18 Å². The van der Waals surface area contributed by atoms with Gasteiger partial charge in [0.1, 0.15) is 11.5 Å². The molecule has 2 N–H and O–H groups in total. The highest BCUT2D eigenvalue weighted by atomic mass is 19.1. The molecular weight excluding hydrogens is 299 g/mol. The maximum atomic E-state index is 14.1. The van der Waals surface area contributed by atoms with Crippen molar-refractivity contribution in [2.24, 2.45) is 0 Å². The van der Waals surface area contributed by atoms with Crippen LogP contribution in [0, 0.1) is 5.82 Å². The normalized spacial score (nSPS) is 17.0. The van der Waals surface area contributed by atoms with Crippen molar-refractivity contribution in [3.05, 3.63) is 48.3 Å². The van der Waals surface area contributed by atoms with Crippen LogP contribution < -0.4 is 10.6 Å². The Bertz CT molecular complexity index is 675. The van der Waals surface area contributed by atoms with E-state index in [4.69, 9.17) is 4.74 Å². The summed E-state index contributed by atoms with van der Waals surface area (Å²) < 4.78 is 19.6. The second-order valence-electron chi connectivity index (χ2n) is 5.26. The highest BCUT2D eigenvalue weighted by Crippen LogP contribution is 2.20. The fraction of sp³-hybridized carbons (Fsp3) is 0.312. The number of aromatic nitrogens is 2. The van der Waals surface area contributed by atoms with Crippen LogP contribution in [0.1, 0.15) is 23.3 Å². The molecule has 1 aromatic carbocycles. The number of hydrogen-bond acceptors (Lipinski definition) is 5. The smallest absolute Gasteiger partial charge is 0.275 e. The molecule has 0 radical (unpaired) electrons. The molecule has 1 aromatic heterocycles. The van der Waals surface area contributed by atoms with Crippen LogP contribution in [-0.4, -0.2) is 35.1 Å². The lowest BCUT2D eigenvalue weighted by molar-refractivity contribution is 0.102. The summed E-state index contributed by atoms with van der Waals surface area (Å²) in [6.07, 6.45) is 6.41. The first-order valence-corrected chi connectivity index (χ1v) is 7.45. The zero-order chi connectivity index (χ0) is 16.1. The molecule has 2 heterocycles. The Morgan fingerprint density at radius 1 is 1.39 bits per heavy atom. The van der Waals surface area contributed by atoms with Crippen molar-refractivity contribution in [2.75, 3.05) is 23.8 Å². The highest BCUT2D eigenvalue weighted by Gasteiger charge is 2.16. The van der Waals surface area contributed by atoms with Crippen LogP contribution >= 0.6 is 0 Å². The number of amides is 1. The van der Waals surface area contributed by atoms with E-state index in [0.29, 0.717) is 17.9 Å². The molecule has 2 aromatic rings. The fourth-order valence-corrected chi connectivity index (χ4v) is 2.38. The molecule has 6 nitrogen and oxygen atoms in total. The summed E-state index contributed by atoms with van der Waals surface area (Å²) in [4.78, 5) is 19.7. The fourth-order valence-electron chi connectivity index (χ4n) is 2.38. The lowest BCUT2D eigenvalue weighted by atomic mass is 10.2. The van der Waals surface area contributed by atoms with Crippen LogP contribution in [0.15, 0.2) is 36.8 Å². The minimum Gasteiger partial charge on any atom is -0.380 e. The molecule has 23 heavy (non-hydrogen) atoms. The van der Waals surface area contributed by atoms with Gasteiger partial charge in [-0.1, -0.05) is 0 Å². The van der Waals surface area contributed by atoms with Crippen LogP contribution in [0.2, 0.25) is 0 Å². The number of carbonyl (C=O) groups excluding carboxylic acids is 1. The van der Waals surface area contributed by atoms with Crippen molar-refractivity contribution in [1.29, 1.82) is 0 Å². The van der Waals surface area contributed by atoms with Crippen LogP contribution in [0.5, 0.6) is 0 Å². The van der Waals surface area contributed by atoms with E-state index in [0.717, 1.165) is 19.4 Å². The largest absolute Gasteiger partial charge is 0.380 e. The topological polar surface area (TPSA) is 76.1 Å². The van der Waals surface area contributed by atoms with Gasteiger partial charge in [0, 0.05) is 31.2 Å². The average molecular weight is 316 g/mol. The Balaban J connectivity index is 1.61. The third-order valence-corrected chi connectivity index (χ3v) is 3.57. The Kier molecular flexibility index (Phi) is 4.77. The van der Waals surface area contributed by atoms with Gasteiger partial charge < -0.3 is 15.4 Å². The highest BCUT2D eigenvalue weighted by molar-refractivity contribution is 6.02. The number of benzene rings is 1. The minimum absolute atomic E-state index is 0.130. The number of hydrogen-bond donors (Lipinski definition) is 2. The van der Waals surface area contributed by atoms with Crippen LogP contribution in [0.4, 0.5) is 15.8 Å². The Hall–Kier alpha value is -2.54. The van der Waals surface area contributed by atoms with Crippen molar-refractivity contribution in [2.45, 2.75) is 18.9 Å². The Morgan fingerprint density at radius 2 is 2.30 bits per heavy atom. The molecule has 1 aliphatic heterocycles. The molecule has 0 spiro atoms. The molecule has 1 fully saturated rings. The van der Waals surface area contributed by atoms with Gasteiger partial charge >= 0.3 is 0 Å². The molecule has 1 amide bonds. The third-order valence-electron chi connectivity index (χ3n) is 3.57. The van der Waals surface area contributed by atoms with E-state index in [1.807, 2.05) is 0 Å². The van der Waals surface area contributed by atoms with Crippen LogP contribution in [0.3, 0.4) is 0 Å². The number of nitrogens with one attached hydrogen (secondary N) is 2. The number of ether oxygens (including phenoxy) is 1. The van der Waals surface area contributed by atoms with E-state index in [2.05, 4.69) is 20.6 Å². The monoisotopic (exact) mass is 316 g/mol. The molecule has 0 saturated carbocycles. The number of carbonyl (C=O) groups is 1.